The highest BCUT2D eigenvalue weighted by Gasteiger charge is 2.25. The zero-order chi connectivity index (χ0) is 14.1. The second-order valence-electron chi connectivity index (χ2n) is 4.57. The standard InChI is InChI=1S/C14H14N2O4/c1-19-10-4-2-9(3-5-10)12-6-16-8-15-13(14(17)18)11(16)7-20-12/h2-5,8,12H,6-7H2,1H3,(H,17,18)/t12-/m0/s1. The summed E-state index contributed by atoms with van der Waals surface area (Å²) in [6.07, 6.45) is 1.45. The van der Waals surface area contributed by atoms with Gasteiger partial charge < -0.3 is 19.1 Å². The number of nitrogens with zero attached hydrogens (tertiary/aromatic N) is 2. The maximum Gasteiger partial charge on any atom is 0.356 e. The highest BCUT2D eigenvalue weighted by Crippen LogP contribution is 2.28. The van der Waals surface area contributed by atoms with E-state index in [0.717, 1.165) is 11.3 Å². The summed E-state index contributed by atoms with van der Waals surface area (Å²) in [5.41, 5.74) is 1.71. The van der Waals surface area contributed by atoms with Crippen molar-refractivity contribution >= 4 is 5.97 Å². The second kappa shape index (κ2) is 4.97. The van der Waals surface area contributed by atoms with Gasteiger partial charge in [0.05, 0.1) is 32.3 Å². The number of rotatable bonds is 3. The number of imidazole rings is 1. The van der Waals surface area contributed by atoms with E-state index in [-0.39, 0.29) is 18.4 Å². The average Bonchev–Trinajstić information content (AvgIpc) is 2.90. The van der Waals surface area contributed by atoms with Crippen LogP contribution in [-0.2, 0) is 17.9 Å². The summed E-state index contributed by atoms with van der Waals surface area (Å²) in [5, 5.41) is 9.03. The molecule has 1 aliphatic heterocycles. The third-order valence-electron chi connectivity index (χ3n) is 3.42. The van der Waals surface area contributed by atoms with E-state index in [4.69, 9.17) is 14.6 Å². The summed E-state index contributed by atoms with van der Waals surface area (Å²) in [7, 11) is 1.62. The van der Waals surface area contributed by atoms with Crippen molar-refractivity contribution < 1.29 is 19.4 Å². The molecule has 0 fully saturated rings. The molecule has 2 heterocycles. The fourth-order valence-electron chi connectivity index (χ4n) is 2.33. The van der Waals surface area contributed by atoms with Crippen LogP contribution < -0.4 is 4.74 Å². The number of fused-ring (bicyclic) bond motifs is 1. The molecular formula is C14H14N2O4. The van der Waals surface area contributed by atoms with Gasteiger partial charge in [0.25, 0.3) is 0 Å². The zero-order valence-electron chi connectivity index (χ0n) is 10.9. The third kappa shape index (κ3) is 2.14. The molecule has 3 rings (SSSR count). The van der Waals surface area contributed by atoms with Crippen molar-refractivity contribution in [3.8, 4) is 5.75 Å². The number of carbonyl (C=O) groups is 1. The minimum atomic E-state index is -1.02. The molecule has 2 aromatic rings. The Morgan fingerprint density at radius 2 is 2.20 bits per heavy atom. The molecular weight excluding hydrogens is 260 g/mol. The first-order valence-corrected chi connectivity index (χ1v) is 6.22. The van der Waals surface area contributed by atoms with Crippen LogP contribution in [0, 0.1) is 0 Å². The van der Waals surface area contributed by atoms with Crippen molar-refractivity contribution in [2.24, 2.45) is 0 Å². The highest BCUT2D eigenvalue weighted by atomic mass is 16.5. The molecule has 6 heteroatoms. The molecule has 0 saturated heterocycles. The number of carboxylic acid groups (broad SMARTS) is 1. The number of carboxylic acids is 1. The van der Waals surface area contributed by atoms with Gasteiger partial charge in [0.2, 0.25) is 0 Å². The normalized spacial score (nSPS) is 17.6. The summed E-state index contributed by atoms with van der Waals surface area (Å²) in [6, 6.07) is 7.66. The lowest BCUT2D eigenvalue weighted by Crippen LogP contribution is -2.21. The van der Waals surface area contributed by atoms with Crippen LogP contribution in [0.5, 0.6) is 5.75 Å². The lowest BCUT2D eigenvalue weighted by molar-refractivity contribution is 0.00218. The van der Waals surface area contributed by atoms with E-state index in [1.807, 2.05) is 28.8 Å². The number of hydrogen-bond donors (Lipinski definition) is 1. The predicted molar refractivity (Wildman–Crippen MR) is 69.7 cm³/mol. The Hall–Kier alpha value is -2.34. The number of methoxy groups -OCH3 is 1. The predicted octanol–water partition coefficient (Wildman–Crippen LogP) is 1.86. The van der Waals surface area contributed by atoms with Gasteiger partial charge >= 0.3 is 5.97 Å². The summed E-state index contributed by atoms with van der Waals surface area (Å²) < 4.78 is 12.7. The highest BCUT2D eigenvalue weighted by molar-refractivity contribution is 5.86. The molecule has 1 aromatic heterocycles. The minimum absolute atomic E-state index is 0.0678. The summed E-state index contributed by atoms with van der Waals surface area (Å²) >= 11 is 0. The molecule has 0 bridgehead atoms. The van der Waals surface area contributed by atoms with Crippen LogP contribution in [0.25, 0.3) is 0 Å². The Bertz CT molecular complexity index is 633. The number of benzene rings is 1. The number of ether oxygens (including phenoxy) is 2. The first-order valence-electron chi connectivity index (χ1n) is 6.22. The molecule has 6 nitrogen and oxygen atoms in total. The summed E-state index contributed by atoms with van der Waals surface area (Å²) in [4.78, 5) is 14.9. The minimum Gasteiger partial charge on any atom is -0.497 e. The maximum atomic E-state index is 11.0. The number of aromatic carboxylic acids is 1. The van der Waals surface area contributed by atoms with E-state index in [1.54, 1.807) is 13.4 Å². The fraction of sp³-hybridized carbons (Fsp3) is 0.286. The molecule has 0 amide bonds. The van der Waals surface area contributed by atoms with Gasteiger partial charge in [-0.1, -0.05) is 12.1 Å². The van der Waals surface area contributed by atoms with Crippen LogP contribution in [0.3, 0.4) is 0 Å². The van der Waals surface area contributed by atoms with Gasteiger partial charge in [-0.3, -0.25) is 0 Å². The second-order valence-corrected chi connectivity index (χ2v) is 4.57. The topological polar surface area (TPSA) is 73.6 Å². The Balaban J connectivity index is 1.83. The maximum absolute atomic E-state index is 11.0. The van der Waals surface area contributed by atoms with Crippen molar-refractivity contribution in [3.05, 3.63) is 47.5 Å². The van der Waals surface area contributed by atoms with E-state index in [9.17, 15) is 4.79 Å². The van der Waals surface area contributed by atoms with Gasteiger partial charge in [-0.05, 0) is 17.7 Å². The Morgan fingerprint density at radius 1 is 1.45 bits per heavy atom. The van der Waals surface area contributed by atoms with Crippen LogP contribution in [0.2, 0.25) is 0 Å². The molecule has 0 radical (unpaired) electrons. The SMILES string of the molecule is COc1ccc([C@@H]2Cn3cnc(C(=O)O)c3CO2)cc1. The number of aromatic nitrogens is 2. The average molecular weight is 274 g/mol. The molecule has 1 N–H and O–H groups in total. The monoisotopic (exact) mass is 274 g/mol. The van der Waals surface area contributed by atoms with Crippen molar-refractivity contribution in [2.75, 3.05) is 7.11 Å². The third-order valence-corrected chi connectivity index (χ3v) is 3.42. The Kier molecular flexibility index (Phi) is 3.15. The Morgan fingerprint density at radius 3 is 2.85 bits per heavy atom. The van der Waals surface area contributed by atoms with E-state index >= 15 is 0 Å². The molecule has 0 saturated carbocycles. The van der Waals surface area contributed by atoms with Gasteiger partial charge in [0.1, 0.15) is 11.9 Å². The van der Waals surface area contributed by atoms with E-state index < -0.39 is 5.97 Å². The van der Waals surface area contributed by atoms with Crippen LogP contribution in [-0.4, -0.2) is 27.7 Å². The molecule has 0 spiro atoms. The van der Waals surface area contributed by atoms with Gasteiger partial charge in [-0.25, -0.2) is 9.78 Å². The molecule has 1 atom stereocenters. The first kappa shape index (κ1) is 12.7. The number of hydrogen-bond acceptors (Lipinski definition) is 4. The lowest BCUT2D eigenvalue weighted by atomic mass is 10.1. The largest absolute Gasteiger partial charge is 0.497 e. The fourth-order valence-corrected chi connectivity index (χ4v) is 2.33. The van der Waals surface area contributed by atoms with Crippen LogP contribution >= 0.6 is 0 Å². The van der Waals surface area contributed by atoms with Crippen molar-refractivity contribution in [3.63, 3.8) is 0 Å². The molecule has 0 unspecified atom stereocenters. The van der Waals surface area contributed by atoms with Crippen LogP contribution in [0.15, 0.2) is 30.6 Å². The first-order chi connectivity index (χ1) is 9.69. The quantitative estimate of drug-likeness (QED) is 0.924. The van der Waals surface area contributed by atoms with Gasteiger partial charge in [0, 0.05) is 0 Å². The van der Waals surface area contributed by atoms with Gasteiger partial charge in [-0.2, -0.15) is 0 Å². The van der Waals surface area contributed by atoms with Crippen molar-refractivity contribution in [1.29, 1.82) is 0 Å². The van der Waals surface area contributed by atoms with Gasteiger partial charge in [-0.15, -0.1) is 0 Å². The zero-order valence-corrected chi connectivity index (χ0v) is 10.9. The van der Waals surface area contributed by atoms with E-state index in [2.05, 4.69) is 4.98 Å². The van der Waals surface area contributed by atoms with Crippen LogP contribution in [0.4, 0.5) is 0 Å². The Labute approximate surface area is 115 Å². The van der Waals surface area contributed by atoms with Gasteiger partial charge in [0.15, 0.2) is 5.69 Å². The van der Waals surface area contributed by atoms with Crippen molar-refractivity contribution in [1.82, 2.24) is 9.55 Å². The summed E-state index contributed by atoms with van der Waals surface area (Å²) in [6.45, 7) is 0.806. The molecule has 0 aliphatic carbocycles. The molecule has 1 aromatic carbocycles. The molecule has 104 valence electrons. The summed E-state index contributed by atoms with van der Waals surface area (Å²) in [5.74, 6) is -0.230. The molecule has 1 aliphatic rings. The van der Waals surface area contributed by atoms with E-state index in [1.165, 1.54) is 0 Å². The molecule has 20 heavy (non-hydrogen) atoms. The van der Waals surface area contributed by atoms with Crippen molar-refractivity contribution in [2.45, 2.75) is 19.3 Å². The lowest BCUT2D eigenvalue weighted by Gasteiger charge is -2.25. The smallest absolute Gasteiger partial charge is 0.356 e. The van der Waals surface area contributed by atoms with E-state index in [0.29, 0.717) is 12.2 Å². The van der Waals surface area contributed by atoms with Crippen LogP contribution in [0.1, 0.15) is 27.8 Å².